The Bertz CT molecular complexity index is 1210. The van der Waals surface area contributed by atoms with Gasteiger partial charge >= 0.3 is 5.97 Å². The number of sulfonamides is 1. The molecule has 0 saturated heterocycles. The van der Waals surface area contributed by atoms with E-state index in [4.69, 9.17) is 4.74 Å². The van der Waals surface area contributed by atoms with Gasteiger partial charge in [0, 0.05) is 14.0 Å². The molecule has 0 unspecified atom stereocenters. The van der Waals surface area contributed by atoms with Crippen molar-refractivity contribution in [3.05, 3.63) is 94.6 Å². The number of benzene rings is 3. The highest BCUT2D eigenvalue weighted by molar-refractivity contribution is 7.89. The summed E-state index contributed by atoms with van der Waals surface area (Å²) in [5.41, 5.74) is 1.61. The lowest BCUT2D eigenvalue weighted by Gasteiger charge is -2.10. The van der Waals surface area contributed by atoms with Gasteiger partial charge < -0.3 is 9.84 Å². The van der Waals surface area contributed by atoms with Crippen LogP contribution in [-0.4, -0.2) is 26.0 Å². The van der Waals surface area contributed by atoms with Crippen LogP contribution in [0.2, 0.25) is 0 Å². The molecule has 0 amide bonds. The Morgan fingerprint density at radius 1 is 1.00 bits per heavy atom. The van der Waals surface area contributed by atoms with E-state index in [9.17, 15) is 27.1 Å². The van der Waals surface area contributed by atoms with Gasteiger partial charge in [-0.05, 0) is 66.4 Å². The average Bonchev–Trinajstić information content (AvgIpc) is 2.72. The van der Waals surface area contributed by atoms with E-state index >= 15 is 0 Å². The molecule has 0 radical (unpaired) electrons. The number of hydrogen-bond donors (Lipinski definition) is 2. The van der Waals surface area contributed by atoms with Crippen molar-refractivity contribution in [2.45, 2.75) is 24.8 Å². The first-order chi connectivity index (χ1) is 15.1. The molecule has 0 saturated carbocycles. The zero-order valence-corrected chi connectivity index (χ0v) is 18.0. The highest BCUT2D eigenvalue weighted by atomic mass is 32.2. The number of hydrogen-bond acceptors (Lipinski definition) is 4. The fourth-order valence-electron chi connectivity index (χ4n) is 3.03. The number of carbonyl (C=O) groups is 1. The zero-order chi connectivity index (χ0) is 23.3. The van der Waals surface area contributed by atoms with Crippen molar-refractivity contribution in [2.75, 3.05) is 6.54 Å². The molecule has 6 nitrogen and oxygen atoms in total. The molecule has 3 aromatic rings. The van der Waals surface area contributed by atoms with Crippen LogP contribution in [0.5, 0.6) is 5.75 Å². The number of halogens is 2. The number of carboxylic acids is 1. The van der Waals surface area contributed by atoms with E-state index in [2.05, 4.69) is 4.72 Å². The topological polar surface area (TPSA) is 92.7 Å². The second-order valence-electron chi connectivity index (χ2n) is 7.14. The van der Waals surface area contributed by atoms with E-state index in [1.165, 1.54) is 24.3 Å². The number of aromatic carboxylic acids is 1. The first-order valence-electron chi connectivity index (χ1n) is 9.64. The summed E-state index contributed by atoms with van der Waals surface area (Å²) < 4.78 is 59.3. The number of carboxylic acid groups (broad SMARTS) is 1. The SMILES string of the molecule is Cc1ccc(S(=O)(=O)NCCc2ccc(OCc3cc(F)cc(F)c3)cc2)cc1C(=O)O.[HH]. The third kappa shape index (κ3) is 6.12. The van der Waals surface area contributed by atoms with Crippen LogP contribution >= 0.6 is 0 Å². The van der Waals surface area contributed by atoms with Crippen LogP contribution in [0.15, 0.2) is 65.6 Å². The van der Waals surface area contributed by atoms with Gasteiger partial charge in [-0.1, -0.05) is 18.2 Å². The van der Waals surface area contributed by atoms with Crippen LogP contribution in [-0.2, 0) is 23.1 Å². The van der Waals surface area contributed by atoms with Gasteiger partial charge in [0.25, 0.3) is 0 Å². The quantitative estimate of drug-likeness (QED) is 0.493. The molecular formula is C23H23F2NO5S. The van der Waals surface area contributed by atoms with E-state index in [-0.39, 0.29) is 25.0 Å². The van der Waals surface area contributed by atoms with Crippen molar-refractivity contribution in [2.24, 2.45) is 0 Å². The molecule has 0 aromatic heterocycles. The number of aryl methyl sites for hydroxylation is 1. The Labute approximate surface area is 186 Å². The molecule has 170 valence electrons. The second kappa shape index (κ2) is 9.88. The Hall–Kier alpha value is -3.30. The maximum absolute atomic E-state index is 13.2. The average molecular weight is 464 g/mol. The van der Waals surface area contributed by atoms with E-state index in [0.717, 1.165) is 17.7 Å². The zero-order valence-electron chi connectivity index (χ0n) is 17.1. The first-order valence-corrected chi connectivity index (χ1v) is 11.1. The molecule has 0 fully saturated rings. The number of ether oxygens (including phenoxy) is 1. The fourth-order valence-corrected chi connectivity index (χ4v) is 4.08. The molecule has 3 rings (SSSR count). The van der Waals surface area contributed by atoms with Crippen molar-refractivity contribution in [3.8, 4) is 5.75 Å². The first kappa shape index (κ1) is 23.4. The lowest BCUT2D eigenvalue weighted by molar-refractivity contribution is 0.0696. The normalized spacial score (nSPS) is 11.3. The molecule has 0 aliphatic heterocycles. The van der Waals surface area contributed by atoms with E-state index in [0.29, 0.717) is 23.3 Å². The molecule has 2 N–H and O–H groups in total. The molecule has 0 aliphatic carbocycles. The largest absolute Gasteiger partial charge is 0.489 e. The molecule has 3 aromatic carbocycles. The molecule has 0 atom stereocenters. The summed E-state index contributed by atoms with van der Waals surface area (Å²) in [5.74, 6) is -2.04. The summed E-state index contributed by atoms with van der Waals surface area (Å²) in [6.45, 7) is 1.71. The minimum absolute atomic E-state index is 0. The van der Waals surface area contributed by atoms with Gasteiger partial charge in [0.2, 0.25) is 10.0 Å². The summed E-state index contributed by atoms with van der Waals surface area (Å²) in [4.78, 5) is 11.1. The van der Waals surface area contributed by atoms with Crippen molar-refractivity contribution < 1.29 is 33.3 Å². The highest BCUT2D eigenvalue weighted by Gasteiger charge is 2.17. The Morgan fingerprint density at radius 3 is 2.28 bits per heavy atom. The smallest absolute Gasteiger partial charge is 0.335 e. The van der Waals surface area contributed by atoms with Gasteiger partial charge in [-0.25, -0.2) is 26.7 Å². The van der Waals surface area contributed by atoms with Gasteiger partial charge in [0.15, 0.2) is 0 Å². The third-order valence-corrected chi connectivity index (χ3v) is 6.17. The van der Waals surface area contributed by atoms with Gasteiger partial charge in [-0.2, -0.15) is 0 Å². The molecule has 0 spiro atoms. The van der Waals surface area contributed by atoms with Crippen molar-refractivity contribution in [3.63, 3.8) is 0 Å². The second-order valence-corrected chi connectivity index (χ2v) is 8.91. The Kier molecular flexibility index (Phi) is 7.22. The van der Waals surface area contributed by atoms with E-state index < -0.39 is 27.6 Å². The molecule has 9 heteroatoms. The lowest BCUT2D eigenvalue weighted by atomic mass is 10.1. The van der Waals surface area contributed by atoms with Crippen molar-refractivity contribution >= 4 is 16.0 Å². The molecule has 0 bridgehead atoms. The van der Waals surface area contributed by atoms with Crippen LogP contribution in [0.3, 0.4) is 0 Å². The summed E-state index contributed by atoms with van der Waals surface area (Å²) in [7, 11) is -3.86. The minimum atomic E-state index is -3.86. The summed E-state index contributed by atoms with van der Waals surface area (Å²) in [6, 6.07) is 14.0. The van der Waals surface area contributed by atoms with Gasteiger partial charge in [0.05, 0.1) is 10.5 Å². The number of nitrogens with one attached hydrogen (secondary N) is 1. The van der Waals surface area contributed by atoms with Crippen LogP contribution < -0.4 is 9.46 Å². The Morgan fingerprint density at radius 2 is 1.66 bits per heavy atom. The number of rotatable bonds is 9. The maximum atomic E-state index is 13.2. The van der Waals surface area contributed by atoms with E-state index in [1.54, 1.807) is 31.2 Å². The molecule has 32 heavy (non-hydrogen) atoms. The minimum Gasteiger partial charge on any atom is -0.489 e. The summed E-state index contributed by atoms with van der Waals surface area (Å²) in [6.07, 6.45) is 0.395. The van der Waals surface area contributed by atoms with Gasteiger partial charge in [-0.3, -0.25) is 0 Å². The molecule has 0 aliphatic rings. The van der Waals surface area contributed by atoms with Gasteiger partial charge in [-0.15, -0.1) is 0 Å². The fraction of sp³-hybridized carbons (Fsp3) is 0.174. The van der Waals surface area contributed by atoms with Crippen LogP contribution in [0.1, 0.15) is 28.5 Å². The van der Waals surface area contributed by atoms with Crippen molar-refractivity contribution in [1.82, 2.24) is 4.72 Å². The predicted octanol–water partition coefficient (Wildman–Crippen LogP) is 4.32. The van der Waals surface area contributed by atoms with Crippen molar-refractivity contribution in [1.29, 1.82) is 0 Å². The Balaban J connectivity index is 0.00000385. The highest BCUT2D eigenvalue weighted by Crippen LogP contribution is 2.17. The third-order valence-electron chi connectivity index (χ3n) is 4.71. The monoisotopic (exact) mass is 463 g/mol. The molecular weight excluding hydrogens is 440 g/mol. The van der Waals surface area contributed by atoms with Crippen LogP contribution in [0, 0.1) is 18.6 Å². The summed E-state index contributed by atoms with van der Waals surface area (Å²) >= 11 is 0. The molecule has 0 heterocycles. The lowest BCUT2D eigenvalue weighted by Crippen LogP contribution is -2.26. The maximum Gasteiger partial charge on any atom is 0.335 e. The van der Waals surface area contributed by atoms with Crippen LogP contribution in [0.25, 0.3) is 0 Å². The summed E-state index contributed by atoms with van der Waals surface area (Å²) in [5, 5.41) is 9.17. The standard InChI is InChI=1S/C23H21F2NO5S.H2/c1-15-2-7-21(13-22(15)23(27)28)32(29,30)26-9-8-16-3-5-20(6-4-16)31-14-17-10-18(24)12-19(25)11-17;/h2-7,10-13,26H,8-9,14H2,1H3,(H,27,28);1H. The van der Waals surface area contributed by atoms with E-state index in [1.807, 2.05) is 0 Å². The predicted molar refractivity (Wildman–Crippen MR) is 116 cm³/mol. The van der Waals surface area contributed by atoms with Crippen LogP contribution in [0.4, 0.5) is 8.78 Å². The van der Waals surface area contributed by atoms with Gasteiger partial charge in [0.1, 0.15) is 24.0 Å².